The first-order valence-electron chi connectivity index (χ1n) is 9.19. The van der Waals surface area contributed by atoms with Crippen LogP contribution in [0.1, 0.15) is 31.9 Å². The first-order valence-corrected chi connectivity index (χ1v) is 9.98. The summed E-state index contributed by atoms with van der Waals surface area (Å²) in [6.45, 7) is 4.30. The average Bonchev–Trinajstić information content (AvgIpc) is 2.67. The van der Waals surface area contributed by atoms with Crippen molar-refractivity contribution in [1.29, 1.82) is 0 Å². The van der Waals surface area contributed by atoms with Crippen LogP contribution in [0.15, 0.2) is 71.2 Å². The van der Waals surface area contributed by atoms with Crippen molar-refractivity contribution in [3.8, 4) is 5.75 Å². The minimum atomic E-state index is -0.121. The summed E-state index contributed by atoms with van der Waals surface area (Å²) >= 11 is 3.60. The number of ether oxygens (including phenoxy) is 1. The second kappa shape index (κ2) is 9.05. The number of hydrogen-bond donors (Lipinski definition) is 1. The molecule has 3 aromatic carbocycles. The van der Waals surface area contributed by atoms with Crippen LogP contribution in [0.4, 0.5) is 0 Å². The van der Waals surface area contributed by atoms with Crippen LogP contribution in [0.3, 0.4) is 0 Å². The van der Waals surface area contributed by atoms with Gasteiger partial charge in [0.2, 0.25) is 0 Å². The molecule has 1 N–H and O–H groups in total. The lowest BCUT2D eigenvalue weighted by molar-refractivity contribution is -0.124. The van der Waals surface area contributed by atoms with Gasteiger partial charge in [-0.15, -0.1) is 0 Å². The molecule has 0 spiro atoms. The van der Waals surface area contributed by atoms with Crippen LogP contribution in [0.5, 0.6) is 5.75 Å². The van der Waals surface area contributed by atoms with E-state index in [1.807, 2.05) is 66.7 Å². The molecule has 27 heavy (non-hydrogen) atoms. The molecule has 0 heterocycles. The first kappa shape index (κ1) is 19.4. The molecule has 3 nitrogen and oxygen atoms in total. The van der Waals surface area contributed by atoms with Crippen molar-refractivity contribution in [3.05, 3.63) is 76.8 Å². The SMILES string of the molecule is CC(C)C[C@H](NC(=O)COc1ccc2ccccc2c1Br)c1ccccc1. The zero-order valence-electron chi connectivity index (χ0n) is 15.6. The second-order valence-corrected chi connectivity index (χ2v) is 7.84. The van der Waals surface area contributed by atoms with Gasteiger partial charge in [-0.25, -0.2) is 0 Å². The Kier molecular flexibility index (Phi) is 6.51. The van der Waals surface area contributed by atoms with E-state index in [1.165, 1.54) is 0 Å². The van der Waals surface area contributed by atoms with Crippen LogP contribution in [0.25, 0.3) is 10.8 Å². The molecule has 1 amide bonds. The predicted molar refractivity (Wildman–Crippen MR) is 114 cm³/mol. The fourth-order valence-electron chi connectivity index (χ4n) is 3.14. The van der Waals surface area contributed by atoms with Gasteiger partial charge in [0.25, 0.3) is 5.91 Å². The highest BCUT2D eigenvalue weighted by Crippen LogP contribution is 2.33. The van der Waals surface area contributed by atoms with E-state index in [1.54, 1.807) is 0 Å². The zero-order valence-corrected chi connectivity index (χ0v) is 17.2. The molecule has 0 aliphatic carbocycles. The number of rotatable bonds is 7. The third-order valence-electron chi connectivity index (χ3n) is 4.43. The summed E-state index contributed by atoms with van der Waals surface area (Å²) in [5.74, 6) is 1.03. The Morgan fingerprint density at radius 1 is 1.00 bits per heavy atom. The standard InChI is InChI=1S/C23H24BrNO2/c1-16(2)14-20(18-9-4-3-5-10-18)25-22(26)15-27-21-13-12-17-8-6-7-11-19(17)23(21)24/h3-13,16,20H,14-15H2,1-2H3,(H,25,26)/t20-/m0/s1. The summed E-state index contributed by atoms with van der Waals surface area (Å²) in [5.41, 5.74) is 1.12. The van der Waals surface area contributed by atoms with Crippen molar-refractivity contribution >= 4 is 32.6 Å². The normalized spacial score (nSPS) is 12.1. The molecule has 0 fully saturated rings. The van der Waals surface area contributed by atoms with Gasteiger partial charge in [0.05, 0.1) is 10.5 Å². The summed E-state index contributed by atoms with van der Waals surface area (Å²) in [6.07, 6.45) is 0.884. The molecular weight excluding hydrogens is 402 g/mol. The number of hydrogen-bond acceptors (Lipinski definition) is 2. The number of nitrogens with one attached hydrogen (secondary N) is 1. The predicted octanol–water partition coefficient (Wildman–Crippen LogP) is 5.88. The molecule has 0 aliphatic rings. The Hall–Kier alpha value is -2.33. The van der Waals surface area contributed by atoms with Gasteiger partial charge in [-0.3, -0.25) is 4.79 Å². The molecule has 3 aromatic rings. The largest absolute Gasteiger partial charge is 0.483 e. The molecular formula is C23H24BrNO2. The van der Waals surface area contributed by atoms with Gasteiger partial charge in [0, 0.05) is 0 Å². The van der Waals surface area contributed by atoms with Crippen LogP contribution in [-0.4, -0.2) is 12.5 Å². The summed E-state index contributed by atoms with van der Waals surface area (Å²) in [7, 11) is 0. The van der Waals surface area contributed by atoms with Gasteiger partial charge in [0.1, 0.15) is 5.75 Å². The summed E-state index contributed by atoms with van der Waals surface area (Å²) in [6, 6.07) is 22.0. The van der Waals surface area contributed by atoms with Crippen molar-refractivity contribution < 1.29 is 9.53 Å². The Balaban J connectivity index is 1.67. The fourth-order valence-corrected chi connectivity index (χ4v) is 3.75. The highest BCUT2D eigenvalue weighted by atomic mass is 79.9. The monoisotopic (exact) mass is 425 g/mol. The van der Waals surface area contributed by atoms with Gasteiger partial charge in [0.15, 0.2) is 6.61 Å². The molecule has 3 rings (SSSR count). The van der Waals surface area contributed by atoms with Crippen LogP contribution >= 0.6 is 15.9 Å². The molecule has 0 bridgehead atoms. The Bertz CT molecular complexity index is 909. The molecule has 140 valence electrons. The second-order valence-electron chi connectivity index (χ2n) is 7.05. The lowest BCUT2D eigenvalue weighted by Crippen LogP contribution is -2.33. The van der Waals surface area contributed by atoms with Crippen molar-refractivity contribution in [2.75, 3.05) is 6.61 Å². The van der Waals surface area contributed by atoms with E-state index in [0.717, 1.165) is 27.2 Å². The van der Waals surface area contributed by atoms with Gasteiger partial charge >= 0.3 is 0 Å². The first-order chi connectivity index (χ1) is 13.0. The number of fused-ring (bicyclic) bond motifs is 1. The topological polar surface area (TPSA) is 38.3 Å². The smallest absolute Gasteiger partial charge is 0.258 e. The molecule has 1 atom stereocenters. The Labute approximate surface area is 168 Å². The van der Waals surface area contributed by atoms with E-state index in [9.17, 15) is 4.79 Å². The van der Waals surface area contributed by atoms with Crippen LogP contribution in [0.2, 0.25) is 0 Å². The minimum absolute atomic E-state index is 0.0117. The van der Waals surface area contributed by atoms with E-state index in [2.05, 4.69) is 35.1 Å². The number of carbonyl (C=O) groups excluding carboxylic acids is 1. The summed E-state index contributed by atoms with van der Waals surface area (Å²) < 4.78 is 6.66. The highest BCUT2D eigenvalue weighted by molar-refractivity contribution is 9.10. The van der Waals surface area contributed by atoms with Crippen molar-refractivity contribution in [1.82, 2.24) is 5.32 Å². The lowest BCUT2D eigenvalue weighted by atomic mass is 9.97. The van der Waals surface area contributed by atoms with E-state index in [4.69, 9.17) is 4.74 Å². The lowest BCUT2D eigenvalue weighted by Gasteiger charge is -2.21. The van der Waals surface area contributed by atoms with E-state index < -0.39 is 0 Å². The average molecular weight is 426 g/mol. The number of amides is 1. The maximum absolute atomic E-state index is 12.5. The van der Waals surface area contributed by atoms with Gasteiger partial charge in [-0.05, 0) is 50.7 Å². The maximum Gasteiger partial charge on any atom is 0.258 e. The number of halogens is 1. The van der Waals surface area contributed by atoms with Crippen molar-refractivity contribution in [3.63, 3.8) is 0 Å². The van der Waals surface area contributed by atoms with E-state index in [-0.39, 0.29) is 18.6 Å². The van der Waals surface area contributed by atoms with Gasteiger partial charge < -0.3 is 10.1 Å². The zero-order chi connectivity index (χ0) is 19.2. The molecule has 0 aliphatic heterocycles. The van der Waals surface area contributed by atoms with Crippen molar-refractivity contribution in [2.24, 2.45) is 5.92 Å². The van der Waals surface area contributed by atoms with Crippen LogP contribution in [0, 0.1) is 5.92 Å². The Morgan fingerprint density at radius 3 is 2.44 bits per heavy atom. The third kappa shape index (κ3) is 5.10. The molecule has 0 unspecified atom stereocenters. The Morgan fingerprint density at radius 2 is 1.70 bits per heavy atom. The molecule has 0 radical (unpaired) electrons. The van der Waals surface area contributed by atoms with E-state index in [0.29, 0.717) is 11.7 Å². The van der Waals surface area contributed by atoms with Crippen molar-refractivity contribution in [2.45, 2.75) is 26.3 Å². The molecule has 0 saturated carbocycles. The van der Waals surface area contributed by atoms with Crippen LogP contribution < -0.4 is 10.1 Å². The number of benzene rings is 3. The summed E-state index contributed by atoms with van der Waals surface area (Å²) in [4.78, 5) is 12.5. The van der Waals surface area contributed by atoms with Gasteiger partial charge in [-0.1, -0.05) is 74.5 Å². The minimum Gasteiger partial charge on any atom is -0.483 e. The maximum atomic E-state index is 12.5. The van der Waals surface area contributed by atoms with Gasteiger partial charge in [-0.2, -0.15) is 0 Å². The number of carbonyl (C=O) groups is 1. The highest BCUT2D eigenvalue weighted by Gasteiger charge is 2.17. The summed E-state index contributed by atoms with van der Waals surface area (Å²) in [5, 5.41) is 5.31. The molecule has 0 saturated heterocycles. The molecule has 0 aromatic heterocycles. The van der Waals surface area contributed by atoms with E-state index >= 15 is 0 Å². The molecule has 4 heteroatoms. The fraction of sp³-hybridized carbons (Fsp3) is 0.261. The van der Waals surface area contributed by atoms with Crippen LogP contribution in [-0.2, 0) is 4.79 Å². The quantitative estimate of drug-likeness (QED) is 0.512. The third-order valence-corrected chi connectivity index (χ3v) is 5.25.